The molecule has 1 aromatic rings. The highest BCUT2D eigenvalue weighted by Gasteiger charge is 2.30. The average molecular weight is 337 g/mol. The Hall–Kier alpha value is -1.24. The third-order valence-electron chi connectivity index (χ3n) is 4.23. The molecule has 0 spiro atoms. The van der Waals surface area contributed by atoms with Crippen LogP contribution in [0.5, 0.6) is 0 Å². The molecule has 1 heterocycles. The number of hydrogen-bond acceptors (Lipinski definition) is 5. The van der Waals surface area contributed by atoms with E-state index in [1.807, 2.05) is 20.2 Å². The van der Waals surface area contributed by atoms with E-state index in [4.69, 9.17) is 4.74 Å². The van der Waals surface area contributed by atoms with Gasteiger partial charge in [-0.3, -0.25) is 4.79 Å². The van der Waals surface area contributed by atoms with Gasteiger partial charge in [0, 0.05) is 44.9 Å². The first-order valence-corrected chi connectivity index (χ1v) is 8.86. The van der Waals surface area contributed by atoms with Gasteiger partial charge in [0.1, 0.15) is 0 Å². The van der Waals surface area contributed by atoms with E-state index < -0.39 is 0 Å². The summed E-state index contributed by atoms with van der Waals surface area (Å²) in [6, 6.07) is 6.29. The molecular weight excluding hydrogens is 310 g/mol. The van der Waals surface area contributed by atoms with Crippen LogP contribution in [0.3, 0.4) is 0 Å². The molecule has 1 N–H and O–H groups in total. The highest BCUT2D eigenvalue weighted by molar-refractivity contribution is 8.01. The average Bonchev–Trinajstić information content (AvgIpc) is 2.57. The van der Waals surface area contributed by atoms with Gasteiger partial charge in [0.2, 0.25) is 5.91 Å². The highest BCUT2D eigenvalue weighted by Crippen LogP contribution is 2.41. The van der Waals surface area contributed by atoms with E-state index in [1.165, 1.54) is 4.90 Å². The predicted molar refractivity (Wildman–Crippen MR) is 97.8 cm³/mol. The molecule has 0 aliphatic carbocycles. The van der Waals surface area contributed by atoms with Crippen LogP contribution in [-0.2, 0) is 9.53 Å². The van der Waals surface area contributed by atoms with E-state index in [0.717, 1.165) is 30.9 Å². The van der Waals surface area contributed by atoms with Crippen LogP contribution in [0, 0.1) is 0 Å². The van der Waals surface area contributed by atoms with Gasteiger partial charge in [0.15, 0.2) is 0 Å². The molecule has 0 saturated carbocycles. The Morgan fingerprint density at radius 2 is 2.22 bits per heavy atom. The Labute approximate surface area is 143 Å². The minimum absolute atomic E-state index is 0.0177. The van der Waals surface area contributed by atoms with E-state index in [9.17, 15) is 4.79 Å². The molecule has 1 aliphatic heterocycles. The van der Waals surface area contributed by atoms with Crippen molar-refractivity contribution in [3.05, 3.63) is 18.2 Å². The summed E-state index contributed by atoms with van der Waals surface area (Å²) in [6.07, 6.45) is 0.989. The summed E-state index contributed by atoms with van der Waals surface area (Å²) in [6.45, 7) is 3.69. The Morgan fingerprint density at radius 1 is 1.48 bits per heavy atom. The second kappa shape index (κ2) is 8.04. The Morgan fingerprint density at radius 3 is 2.83 bits per heavy atom. The van der Waals surface area contributed by atoms with Gasteiger partial charge in [-0.25, -0.2) is 0 Å². The first-order valence-electron chi connectivity index (χ1n) is 7.98. The van der Waals surface area contributed by atoms with Crippen molar-refractivity contribution in [3.63, 3.8) is 0 Å². The van der Waals surface area contributed by atoms with Gasteiger partial charge in [-0.15, -0.1) is 11.8 Å². The standard InChI is InChI=1S/C17H27N3O2S/c1-6-15-17(21)20(4)14-8-7-12(9-16(14)23-15)19(3)11-13(22-5)10-18-2/h7-9,13,15,18H,6,10-11H2,1-5H3. The topological polar surface area (TPSA) is 44.8 Å². The number of benzene rings is 1. The zero-order valence-electron chi connectivity index (χ0n) is 14.6. The van der Waals surface area contributed by atoms with Gasteiger partial charge in [0.25, 0.3) is 0 Å². The fraction of sp³-hybridized carbons (Fsp3) is 0.588. The molecule has 6 heteroatoms. The molecule has 0 bridgehead atoms. The number of hydrogen-bond donors (Lipinski definition) is 1. The molecule has 1 aliphatic rings. The maximum absolute atomic E-state index is 12.3. The van der Waals surface area contributed by atoms with E-state index in [1.54, 1.807) is 23.8 Å². The number of likely N-dealkylation sites (N-methyl/N-ethyl adjacent to an activating group) is 2. The summed E-state index contributed by atoms with van der Waals surface area (Å²) < 4.78 is 5.50. The molecule has 1 amide bonds. The van der Waals surface area contributed by atoms with Crippen LogP contribution in [0.2, 0.25) is 0 Å². The number of fused-ring (bicyclic) bond motifs is 1. The molecule has 0 aromatic heterocycles. The number of amides is 1. The molecule has 23 heavy (non-hydrogen) atoms. The number of carbonyl (C=O) groups is 1. The minimum Gasteiger partial charge on any atom is -0.378 e. The smallest absolute Gasteiger partial charge is 0.240 e. The monoisotopic (exact) mass is 337 g/mol. The molecule has 128 valence electrons. The second-order valence-corrected chi connectivity index (χ2v) is 7.10. The van der Waals surface area contributed by atoms with Crippen LogP contribution < -0.4 is 15.1 Å². The number of thioether (sulfide) groups is 1. The van der Waals surface area contributed by atoms with Gasteiger partial charge in [-0.05, 0) is 31.7 Å². The van der Waals surface area contributed by atoms with E-state index in [0.29, 0.717) is 0 Å². The Balaban J connectivity index is 2.18. The van der Waals surface area contributed by atoms with Crippen molar-refractivity contribution in [3.8, 4) is 0 Å². The molecule has 2 unspecified atom stereocenters. The van der Waals surface area contributed by atoms with Gasteiger partial charge in [-0.2, -0.15) is 0 Å². The molecule has 0 saturated heterocycles. The number of anilines is 2. The summed E-state index contributed by atoms with van der Waals surface area (Å²) in [7, 11) is 7.61. The first-order chi connectivity index (χ1) is 11.0. The number of rotatable bonds is 7. The zero-order valence-corrected chi connectivity index (χ0v) is 15.4. The summed E-state index contributed by atoms with van der Waals surface area (Å²) >= 11 is 1.67. The Kier molecular flexibility index (Phi) is 6.33. The van der Waals surface area contributed by atoms with Gasteiger partial charge in [0.05, 0.1) is 17.0 Å². The number of methoxy groups -OCH3 is 1. The number of nitrogens with zero attached hydrogens (tertiary/aromatic N) is 2. The van der Waals surface area contributed by atoms with Crippen LogP contribution in [0.4, 0.5) is 11.4 Å². The van der Waals surface area contributed by atoms with Crippen molar-refractivity contribution >= 4 is 29.0 Å². The minimum atomic E-state index is 0.0177. The van der Waals surface area contributed by atoms with Crippen molar-refractivity contribution in [1.82, 2.24) is 5.32 Å². The van der Waals surface area contributed by atoms with Crippen LogP contribution in [0.25, 0.3) is 0 Å². The van der Waals surface area contributed by atoms with Crippen molar-refractivity contribution in [2.24, 2.45) is 0 Å². The fourth-order valence-electron chi connectivity index (χ4n) is 2.77. The third-order valence-corrected chi connectivity index (χ3v) is 5.63. The van der Waals surface area contributed by atoms with Crippen molar-refractivity contribution in [2.75, 3.05) is 51.1 Å². The summed E-state index contributed by atoms with van der Waals surface area (Å²) in [4.78, 5) is 17.4. The molecule has 0 radical (unpaired) electrons. The number of ether oxygens (including phenoxy) is 1. The van der Waals surface area contributed by atoms with Gasteiger partial charge >= 0.3 is 0 Å². The highest BCUT2D eigenvalue weighted by atomic mass is 32.2. The maximum atomic E-state index is 12.3. The molecule has 5 nitrogen and oxygen atoms in total. The molecule has 0 fully saturated rings. The Bertz CT molecular complexity index is 553. The van der Waals surface area contributed by atoms with Crippen LogP contribution in [0.15, 0.2) is 23.1 Å². The largest absolute Gasteiger partial charge is 0.378 e. The van der Waals surface area contributed by atoms with Crippen molar-refractivity contribution in [1.29, 1.82) is 0 Å². The molecular formula is C17H27N3O2S. The van der Waals surface area contributed by atoms with Crippen molar-refractivity contribution < 1.29 is 9.53 Å². The second-order valence-electron chi connectivity index (χ2n) is 5.86. The zero-order chi connectivity index (χ0) is 17.0. The molecule has 2 atom stereocenters. The third kappa shape index (κ3) is 4.00. The lowest BCUT2D eigenvalue weighted by atomic mass is 10.2. The van der Waals surface area contributed by atoms with Crippen molar-refractivity contribution in [2.45, 2.75) is 29.6 Å². The lowest BCUT2D eigenvalue weighted by Gasteiger charge is -2.32. The van der Waals surface area contributed by atoms with Crippen LogP contribution in [-0.4, -0.2) is 58.6 Å². The molecule has 2 rings (SSSR count). The number of nitrogens with one attached hydrogen (secondary N) is 1. The molecule has 1 aromatic carbocycles. The fourth-order valence-corrected chi connectivity index (χ4v) is 4.02. The lowest BCUT2D eigenvalue weighted by Crippen LogP contribution is -2.38. The van der Waals surface area contributed by atoms with E-state index >= 15 is 0 Å². The van der Waals surface area contributed by atoms with E-state index in [-0.39, 0.29) is 17.3 Å². The van der Waals surface area contributed by atoms with E-state index in [2.05, 4.69) is 36.3 Å². The normalized spacial score (nSPS) is 18.7. The first kappa shape index (κ1) is 18.1. The maximum Gasteiger partial charge on any atom is 0.240 e. The SMILES string of the molecule is CCC1Sc2cc(N(C)CC(CNC)OC)ccc2N(C)C1=O. The van der Waals surface area contributed by atoms with Crippen LogP contribution >= 0.6 is 11.8 Å². The van der Waals surface area contributed by atoms with Gasteiger partial charge in [-0.1, -0.05) is 6.92 Å². The number of carbonyl (C=O) groups excluding carboxylic acids is 1. The summed E-state index contributed by atoms with van der Waals surface area (Å²) in [5.41, 5.74) is 2.15. The van der Waals surface area contributed by atoms with Gasteiger partial charge < -0.3 is 19.9 Å². The summed E-state index contributed by atoms with van der Waals surface area (Å²) in [5.74, 6) is 0.194. The predicted octanol–water partition coefficient (Wildman–Crippen LogP) is 2.20. The van der Waals surface area contributed by atoms with Crippen LogP contribution in [0.1, 0.15) is 13.3 Å². The lowest BCUT2D eigenvalue weighted by molar-refractivity contribution is -0.118. The summed E-state index contributed by atoms with van der Waals surface area (Å²) in [5, 5.41) is 3.17. The quantitative estimate of drug-likeness (QED) is 0.826.